The molecule has 2 nitrogen and oxygen atoms in total. The Bertz CT molecular complexity index is 181. The topological polar surface area (TPSA) is 29.5 Å². The molecular formula is C13H26O2. The first-order valence-electron chi connectivity index (χ1n) is 6.19. The summed E-state index contributed by atoms with van der Waals surface area (Å²) in [4.78, 5) is 0. The summed E-state index contributed by atoms with van der Waals surface area (Å²) in [5.41, 5.74) is -0.449. The van der Waals surface area contributed by atoms with Gasteiger partial charge in [-0.05, 0) is 43.4 Å². The minimum Gasteiger partial charge on any atom is -0.390 e. The van der Waals surface area contributed by atoms with Gasteiger partial charge in [0.1, 0.15) is 0 Å². The van der Waals surface area contributed by atoms with Crippen molar-refractivity contribution in [3.05, 3.63) is 0 Å². The highest BCUT2D eigenvalue weighted by atomic mass is 16.5. The van der Waals surface area contributed by atoms with Gasteiger partial charge < -0.3 is 9.84 Å². The summed E-state index contributed by atoms with van der Waals surface area (Å²) < 4.78 is 5.09. The summed E-state index contributed by atoms with van der Waals surface area (Å²) in [6, 6.07) is 0. The Morgan fingerprint density at radius 3 is 2.33 bits per heavy atom. The van der Waals surface area contributed by atoms with E-state index in [0.717, 1.165) is 25.9 Å². The Morgan fingerprint density at radius 2 is 1.87 bits per heavy atom. The predicted octanol–water partition coefficient (Wildman–Crippen LogP) is 2.85. The molecule has 1 saturated carbocycles. The average molecular weight is 214 g/mol. The molecule has 0 aromatic heterocycles. The molecule has 3 unspecified atom stereocenters. The summed E-state index contributed by atoms with van der Waals surface area (Å²) in [5.74, 6) is 1.66. The molecule has 0 bridgehead atoms. The predicted molar refractivity (Wildman–Crippen MR) is 62.8 cm³/mol. The molecule has 1 fully saturated rings. The molecule has 90 valence electrons. The van der Waals surface area contributed by atoms with Crippen molar-refractivity contribution < 1.29 is 9.84 Å². The molecule has 0 heterocycles. The van der Waals surface area contributed by atoms with Crippen molar-refractivity contribution in [3.63, 3.8) is 0 Å². The molecule has 0 aliphatic heterocycles. The summed E-state index contributed by atoms with van der Waals surface area (Å²) in [7, 11) is 1.73. The number of rotatable bonds is 4. The fourth-order valence-corrected chi connectivity index (χ4v) is 3.11. The second-order valence-corrected chi connectivity index (χ2v) is 5.64. The molecule has 0 saturated heterocycles. The van der Waals surface area contributed by atoms with Gasteiger partial charge in [-0.25, -0.2) is 0 Å². The lowest BCUT2D eigenvalue weighted by atomic mass is 9.68. The fraction of sp³-hybridized carbons (Fsp3) is 1.00. The van der Waals surface area contributed by atoms with Gasteiger partial charge in [0.25, 0.3) is 0 Å². The van der Waals surface area contributed by atoms with Crippen LogP contribution in [0.1, 0.15) is 46.5 Å². The zero-order chi connectivity index (χ0) is 11.5. The van der Waals surface area contributed by atoms with Crippen LogP contribution in [0.4, 0.5) is 0 Å². The van der Waals surface area contributed by atoms with Crippen molar-refractivity contribution in [2.24, 2.45) is 17.8 Å². The number of aliphatic hydroxyl groups is 1. The van der Waals surface area contributed by atoms with E-state index in [1.165, 1.54) is 6.42 Å². The normalized spacial score (nSPS) is 39.0. The van der Waals surface area contributed by atoms with Gasteiger partial charge in [0.2, 0.25) is 0 Å². The van der Waals surface area contributed by atoms with Crippen LogP contribution in [0.5, 0.6) is 0 Å². The molecule has 1 N–H and O–H groups in total. The second-order valence-electron chi connectivity index (χ2n) is 5.64. The molecule has 0 spiro atoms. The lowest BCUT2D eigenvalue weighted by Crippen LogP contribution is -2.43. The number of ether oxygens (including phenoxy) is 1. The number of hydrogen-bond donors (Lipinski definition) is 1. The molecule has 0 aromatic carbocycles. The Balaban J connectivity index is 2.55. The van der Waals surface area contributed by atoms with E-state index in [4.69, 9.17) is 4.74 Å². The van der Waals surface area contributed by atoms with Crippen molar-refractivity contribution in [1.82, 2.24) is 0 Å². The van der Waals surface area contributed by atoms with Gasteiger partial charge in [-0.15, -0.1) is 0 Å². The maximum absolute atomic E-state index is 10.7. The van der Waals surface area contributed by atoms with Crippen LogP contribution < -0.4 is 0 Å². The quantitative estimate of drug-likeness (QED) is 0.779. The third kappa shape index (κ3) is 3.46. The van der Waals surface area contributed by atoms with Crippen molar-refractivity contribution in [3.8, 4) is 0 Å². The van der Waals surface area contributed by atoms with Gasteiger partial charge in [-0.3, -0.25) is 0 Å². The second kappa shape index (κ2) is 5.31. The highest BCUT2D eigenvalue weighted by Gasteiger charge is 2.39. The highest BCUT2D eigenvalue weighted by Crippen LogP contribution is 2.41. The maximum Gasteiger partial charge on any atom is 0.0679 e. The van der Waals surface area contributed by atoms with Crippen LogP contribution >= 0.6 is 0 Å². The zero-order valence-electron chi connectivity index (χ0n) is 10.6. The molecule has 2 heteroatoms. The Hall–Kier alpha value is -0.0800. The lowest BCUT2D eigenvalue weighted by molar-refractivity contribution is -0.0785. The molecule has 15 heavy (non-hydrogen) atoms. The van der Waals surface area contributed by atoms with E-state index in [-0.39, 0.29) is 0 Å². The van der Waals surface area contributed by atoms with Gasteiger partial charge in [0.15, 0.2) is 0 Å². The first-order valence-corrected chi connectivity index (χ1v) is 6.19. The van der Waals surface area contributed by atoms with E-state index in [2.05, 4.69) is 20.8 Å². The van der Waals surface area contributed by atoms with Crippen molar-refractivity contribution in [1.29, 1.82) is 0 Å². The van der Waals surface area contributed by atoms with Gasteiger partial charge in [-0.2, -0.15) is 0 Å². The molecule has 0 aromatic rings. The zero-order valence-corrected chi connectivity index (χ0v) is 10.6. The van der Waals surface area contributed by atoms with E-state index in [0.29, 0.717) is 17.8 Å². The van der Waals surface area contributed by atoms with Crippen molar-refractivity contribution >= 4 is 0 Å². The Labute approximate surface area is 94.0 Å². The Morgan fingerprint density at radius 1 is 1.33 bits per heavy atom. The average Bonchev–Trinajstić information content (AvgIpc) is 2.11. The first-order chi connectivity index (χ1) is 6.98. The van der Waals surface area contributed by atoms with Gasteiger partial charge in [0.05, 0.1) is 5.60 Å². The summed E-state index contributed by atoms with van der Waals surface area (Å²) in [6.45, 7) is 7.42. The summed E-state index contributed by atoms with van der Waals surface area (Å²) in [6.07, 6.45) is 4.15. The molecular weight excluding hydrogens is 188 g/mol. The first kappa shape index (κ1) is 13.0. The highest BCUT2D eigenvalue weighted by molar-refractivity contribution is 4.91. The summed E-state index contributed by atoms with van der Waals surface area (Å²) in [5, 5.41) is 10.7. The lowest BCUT2D eigenvalue weighted by Gasteiger charge is -2.43. The van der Waals surface area contributed by atoms with Crippen LogP contribution in [-0.4, -0.2) is 24.4 Å². The van der Waals surface area contributed by atoms with Crippen LogP contribution in [0.2, 0.25) is 0 Å². The number of hydrogen-bond acceptors (Lipinski definition) is 2. The van der Waals surface area contributed by atoms with Crippen LogP contribution in [0.3, 0.4) is 0 Å². The smallest absolute Gasteiger partial charge is 0.0679 e. The number of methoxy groups -OCH3 is 1. The molecule has 1 rings (SSSR count). The Kier molecular flexibility index (Phi) is 4.60. The molecule has 1 aliphatic carbocycles. The van der Waals surface area contributed by atoms with E-state index < -0.39 is 5.60 Å². The third-order valence-corrected chi connectivity index (χ3v) is 3.88. The minimum atomic E-state index is -0.449. The van der Waals surface area contributed by atoms with Crippen LogP contribution in [0.15, 0.2) is 0 Å². The molecule has 0 amide bonds. The molecule has 3 atom stereocenters. The molecule has 0 radical (unpaired) electrons. The minimum absolute atomic E-state index is 0.350. The van der Waals surface area contributed by atoms with Crippen molar-refractivity contribution in [2.75, 3.05) is 13.7 Å². The van der Waals surface area contributed by atoms with Crippen molar-refractivity contribution in [2.45, 2.75) is 52.1 Å². The summed E-state index contributed by atoms with van der Waals surface area (Å²) >= 11 is 0. The fourth-order valence-electron chi connectivity index (χ4n) is 3.11. The van der Waals surface area contributed by atoms with Crippen LogP contribution in [-0.2, 0) is 4.74 Å². The standard InChI is InChI=1S/C13H26O2/c1-10-7-11(2)9-13(14,8-10)12(3)5-6-15-4/h10-12,14H,5-9H2,1-4H3. The van der Waals surface area contributed by atoms with E-state index in [1.54, 1.807) is 7.11 Å². The van der Waals surface area contributed by atoms with E-state index >= 15 is 0 Å². The monoisotopic (exact) mass is 214 g/mol. The SMILES string of the molecule is COCCC(C)C1(O)CC(C)CC(C)C1. The van der Waals surface area contributed by atoms with Crippen LogP contribution in [0.25, 0.3) is 0 Å². The van der Waals surface area contributed by atoms with Gasteiger partial charge in [-0.1, -0.05) is 20.8 Å². The van der Waals surface area contributed by atoms with Crippen LogP contribution in [0, 0.1) is 17.8 Å². The van der Waals surface area contributed by atoms with Gasteiger partial charge >= 0.3 is 0 Å². The van der Waals surface area contributed by atoms with Gasteiger partial charge in [0, 0.05) is 13.7 Å². The molecule has 1 aliphatic rings. The maximum atomic E-state index is 10.7. The third-order valence-electron chi connectivity index (χ3n) is 3.88. The van der Waals surface area contributed by atoms with E-state index in [9.17, 15) is 5.11 Å². The van der Waals surface area contributed by atoms with E-state index in [1.807, 2.05) is 0 Å². The largest absolute Gasteiger partial charge is 0.390 e.